The van der Waals surface area contributed by atoms with E-state index in [1.54, 1.807) is 23.3 Å². The van der Waals surface area contributed by atoms with Crippen molar-refractivity contribution in [3.05, 3.63) is 64.4 Å². The van der Waals surface area contributed by atoms with Gasteiger partial charge in [-0.05, 0) is 63.3 Å². The fourth-order valence-corrected chi connectivity index (χ4v) is 6.69. The first kappa shape index (κ1) is 26.4. The average Bonchev–Trinajstić information content (AvgIpc) is 3.60. The number of methoxy groups -OCH3 is 1. The molecule has 9 heteroatoms. The van der Waals surface area contributed by atoms with Gasteiger partial charge in [0.25, 0.3) is 0 Å². The Balaban J connectivity index is 1.45. The average molecular weight is 538 g/mol. The molecule has 5 rings (SSSR count). The van der Waals surface area contributed by atoms with Crippen LogP contribution in [0.3, 0.4) is 0 Å². The van der Waals surface area contributed by atoms with Crippen molar-refractivity contribution >= 4 is 29.1 Å². The third-order valence-electron chi connectivity index (χ3n) is 7.64. The molecular formula is C29H35N3O5S. The van der Waals surface area contributed by atoms with E-state index in [9.17, 15) is 14.4 Å². The lowest BCUT2D eigenvalue weighted by Gasteiger charge is -2.35. The zero-order valence-electron chi connectivity index (χ0n) is 22.4. The first-order chi connectivity index (χ1) is 18.0. The van der Waals surface area contributed by atoms with Crippen LogP contribution in [0.4, 0.5) is 0 Å². The minimum absolute atomic E-state index is 0.225. The van der Waals surface area contributed by atoms with Crippen LogP contribution < -0.4 is 15.4 Å². The zero-order chi connectivity index (χ0) is 27.3. The molecule has 2 saturated heterocycles. The van der Waals surface area contributed by atoms with Crippen LogP contribution in [0.1, 0.15) is 38.1 Å². The van der Waals surface area contributed by atoms with Crippen molar-refractivity contribution in [3.63, 3.8) is 0 Å². The molecule has 3 aliphatic heterocycles. The Morgan fingerprint density at radius 3 is 2.50 bits per heavy atom. The number of carbonyl (C=O) groups is 3. The van der Waals surface area contributed by atoms with E-state index < -0.39 is 34.6 Å². The molecular weight excluding hydrogens is 502 g/mol. The second-order valence-electron chi connectivity index (χ2n) is 11.5. The van der Waals surface area contributed by atoms with Gasteiger partial charge in [-0.1, -0.05) is 30.4 Å². The molecule has 3 amide bonds. The van der Waals surface area contributed by atoms with Gasteiger partial charge in [0.15, 0.2) is 0 Å². The highest BCUT2D eigenvalue weighted by molar-refractivity contribution is 7.09. The lowest BCUT2D eigenvalue weighted by Crippen LogP contribution is -2.58. The van der Waals surface area contributed by atoms with Crippen molar-refractivity contribution < 1.29 is 23.9 Å². The molecule has 4 heterocycles. The zero-order valence-corrected chi connectivity index (χ0v) is 23.3. The fourth-order valence-electron chi connectivity index (χ4n) is 6.05. The molecule has 5 atom stereocenters. The summed E-state index contributed by atoms with van der Waals surface area (Å²) in [4.78, 5) is 44.1. The van der Waals surface area contributed by atoms with E-state index in [1.807, 2.05) is 81.6 Å². The second-order valence-corrected chi connectivity index (χ2v) is 12.5. The maximum Gasteiger partial charge on any atom is 0.246 e. The summed E-state index contributed by atoms with van der Waals surface area (Å²) < 4.78 is 11.8. The quantitative estimate of drug-likeness (QED) is 0.505. The van der Waals surface area contributed by atoms with Gasteiger partial charge in [0.05, 0.1) is 31.1 Å². The highest BCUT2D eigenvalue weighted by Crippen LogP contribution is 2.59. The van der Waals surface area contributed by atoms with Crippen LogP contribution in [0.25, 0.3) is 0 Å². The molecule has 0 aliphatic carbocycles. The molecule has 3 aliphatic rings. The van der Waals surface area contributed by atoms with Gasteiger partial charge in [-0.3, -0.25) is 14.4 Å². The first-order valence-corrected chi connectivity index (χ1v) is 13.8. The Kier molecular flexibility index (Phi) is 6.64. The van der Waals surface area contributed by atoms with E-state index in [0.29, 0.717) is 19.5 Å². The van der Waals surface area contributed by atoms with Crippen molar-refractivity contribution in [2.75, 3.05) is 13.7 Å². The van der Waals surface area contributed by atoms with Gasteiger partial charge in [-0.25, -0.2) is 0 Å². The van der Waals surface area contributed by atoms with Crippen molar-refractivity contribution in [2.45, 2.75) is 63.4 Å². The van der Waals surface area contributed by atoms with Crippen molar-refractivity contribution in [2.24, 2.45) is 11.8 Å². The van der Waals surface area contributed by atoms with Gasteiger partial charge in [-0.15, -0.1) is 11.3 Å². The summed E-state index contributed by atoms with van der Waals surface area (Å²) in [6.45, 7) is 8.26. The maximum atomic E-state index is 14.1. The number of thiophene rings is 1. The molecule has 0 radical (unpaired) electrons. The van der Waals surface area contributed by atoms with Crippen LogP contribution in [-0.4, -0.2) is 59.1 Å². The number of carbonyl (C=O) groups excluding carboxylic acids is 3. The molecule has 2 fully saturated rings. The smallest absolute Gasteiger partial charge is 0.246 e. The molecule has 2 aromatic rings. The number of amides is 3. The molecule has 202 valence electrons. The summed E-state index contributed by atoms with van der Waals surface area (Å²) in [6, 6.07) is 10.7. The Hall–Kier alpha value is -3.17. The van der Waals surface area contributed by atoms with Gasteiger partial charge in [0.1, 0.15) is 17.4 Å². The number of ether oxygens (including phenoxy) is 2. The number of hydrogen-bond acceptors (Lipinski definition) is 6. The Morgan fingerprint density at radius 2 is 1.87 bits per heavy atom. The molecule has 0 unspecified atom stereocenters. The molecule has 38 heavy (non-hydrogen) atoms. The molecule has 1 aromatic heterocycles. The Bertz CT molecular complexity index is 1250. The standard InChI is InChI=1S/C29H35N3O5S/c1-27(2,3)31-25(34)23-29-14-13-28(4,37-29)21(24(33)30-17-20-7-6-16-38-20)22(29)26(35)32(23)15-12-18-8-10-19(36-5)11-9-18/h6-11,13-14,16,21-23H,12,15,17H2,1-5H3,(H,30,33)(H,31,34)/t21-,22+,23-,28+,29+/m1/s1. The summed E-state index contributed by atoms with van der Waals surface area (Å²) in [5, 5.41) is 8.02. The van der Waals surface area contributed by atoms with Crippen LogP contribution in [0.15, 0.2) is 53.9 Å². The fraction of sp³-hybridized carbons (Fsp3) is 0.483. The highest BCUT2D eigenvalue weighted by atomic mass is 32.1. The Labute approximate surface area is 227 Å². The number of benzene rings is 1. The van der Waals surface area contributed by atoms with Gasteiger partial charge >= 0.3 is 0 Å². The van der Waals surface area contributed by atoms with E-state index in [0.717, 1.165) is 16.2 Å². The van der Waals surface area contributed by atoms with E-state index in [2.05, 4.69) is 10.6 Å². The van der Waals surface area contributed by atoms with Gasteiger partial charge < -0.3 is 25.0 Å². The molecule has 1 aromatic carbocycles. The molecule has 2 bridgehead atoms. The number of fused-ring (bicyclic) bond motifs is 1. The maximum absolute atomic E-state index is 14.1. The van der Waals surface area contributed by atoms with E-state index in [1.165, 1.54) is 0 Å². The normalized spacial score (nSPS) is 29.4. The molecule has 8 nitrogen and oxygen atoms in total. The molecule has 0 saturated carbocycles. The number of nitrogens with zero attached hydrogens (tertiary/aromatic N) is 1. The highest BCUT2D eigenvalue weighted by Gasteiger charge is 2.76. The summed E-state index contributed by atoms with van der Waals surface area (Å²) >= 11 is 1.56. The van der Waals surface area contributed by atoms with Gasteiger partial charge in [0, 0.05) is 17.0 Å². The summed E-state index contributed by atoms with van der Waals surface area (Å²) in [7, 11) is 1.62. The third-order valence-corrected chi connectivity index (χ3v) is 8.52. The van der Waals surface area contributed by atoms with Crippen LogP contribution in [0.2, 0.25) is 0 Å². The minimum Gasteiger partial charge on any atom is -0.497 e. The predicted octanol–water partition coefficient (Wildman–Crippen LogP) is 3.07. The largest absolute Gasteiger partial charge is 0.497 e. The van der Waals surface area contributed by atoms with Crippen LogP contribution in [0, 0.1) is 11.8 Å². The number of rotatable bonds is 8. The molecule has 1 spiro atoms. The summed E-state index contributed by atoms with van der Waals surface area (Å²) in [6.07, 6.45) is 4.25. The lowest BCUT2D eigenvalue weighted by atomic mass is 9.70. The summed E-state index contributed by atoms with van der Waals surface area (Å²) in [5.41, 5.74) is -1.66. The van der Waals surface area contributed by atoms with Crippen LogP contribution in [0.5, 0.6) is 5.75 Å². The second kappa shape index (κ2) is 9.54. The lowest BCUT2D eigenvalue weighted by molar-refractivity contribution is -0.145. The van der Waals surface area contributed by atoms with Crippen molar-refractivity contribution in [1.82, 2.24) is 15.5 Å². The number of hydrogen-bond donors (Lipinski definition) is 2. The monoisotopic (exact) mass is 537 g/mol. The SMILES string of the molecule is COc1ccc(CCN2C(=O)[C@@H]3[C@H](C(=O)NCc4cccs4)[C@]4(C)C=C[C@@]3(O4)[C@H]2C(=O)NC(C)(C)C)cc1. The molecule has 2 N–H and O–H groups in total. The third kappa shape index (κ3) is 4.52. The topological polar surface area (TPSA) is 97.0 Å². The van der Waals surface area contributed by atoms with Crippen molar-refractivity contribution in [3.8, 4) is 5.75 Å². The predicted molar refractivity (Wildman–Crippen MR) is 145 cm³/mol. The Morgan fingerprint density at radius 1 is 1.13 bits per heavy atom. The minimum atomic E-state index is -1.20. The first-order valence-electron chi connectivity index (χ1n) is 12.9. The van der Waals surface area contributed by atoms with E-state index in [4.69, 9.17) is 9.47 Å². The van der Waals surface area contributed by atoms with Gasteiger partial charge in [0.2, 0.25) is 17.7 Å². The van der Waals surface area contributed by atoms with E-state index in [-0.39, 0.29) is 17.7 Å². The van der Waals surface area contributed by atoms with E-state index >= 15 is 0 Å². The number of likely N-dealkylation sites (tertiary alicyclic amines) is 1. The van der Waals surface area contributed by atoms with Gasteiger partial charge in [-0.2, -0.15) is 0 Å². The summed E-state index contributed by atoms with van der Waals surface area (Å²) in [5.74, 6) is -1.52. The van der Waals surface area contributed by atoms with Crippen LogP contribution in [-0.2, 0) is 32.1 Å². The number of nitrogens with one attached hydrogen (secondary N) is 2. The van der Waals surface area contributed by atoms with Crippen molar-refractivity contribution in [1.29, 1.82) is 0 Å². The van der Waals surface area contributed by atoms with Crippen LogP contribution >= 0.6 is 11.3 Å².